The minimum absolute atomic E-state index is 0.285. The average molecular weight is 504 g/mol. The molecule has 3 aromatic carbocycles. The number of anilines is 2. The molecule has 0 spiro atoms. The second kappa shape index (κ2) is 8.56. The molecule has 1 amide bonds. The zero-order chi connectivity index (χ0) is 23.3. The minimum atomic E-state index is -0.641. The van der Waals surface area contributed by atoms with Crippen molar-refractivity contribution in [2.24, 2.45) is 0 Å². The van der Waals surface area contributed by atoms with E-state index < -0.39 is 11.9 Å². The summed E-state index contributed by atoms with van der Waals surface area (Å²) < 4.78 is 29.3. The van der Waals surface area contributed by atoms with Crippen molar-refractivity contribution in [3.8, 4) is 0 Å². The third-order valence-corrected chi connectivity index (χ3v) is 7.77. The first-order chi connectivity index (χ1) is 15.8. The van der Waals surface area contributed by atoms with Crippen LogP contribution in [0, 0.1) is 18.6 Å². The fourth-order valence-electron chi connectivity index (χ4n) is 3.87. The van der Waals surface area contributed by atoms with Gasteiger partial charge in [-0.3, -0.25) is 9.10 Å². The number of aromatic amines is 1. The molecule has 1 aliphatic rings. The van der Waals surface area contributed by atoms with Crippen molar-refractivity contribution in [1.29, 1.82) is 0 Å². The molecule has 1 aromatic heterocycles. The van der Waals surface area contributed by atoms with E-state index in [1.54, 1.807) is 24.3 Å². The van der Waals surface area contributed by atoms with Crippen LogP contribution in [0.1, 0.15) is 11.3 Å². The molecule has 2 N–H and O–H groups in total. The van der Waals surface area contributed by atoms with Gasteiger partial charge in [-0.05, 0) is 84.4 Å². The maximum absolute atomic E-state index is 13.9. The Hall–Kier alpha value is -2.74. The van der Waals surface area contributed by atoms with Crippen molar-refractivity contribution in [3.05, 3.63) is 87.5 Å². The quantitative estimate of drug-likeness (QED) is 0.291. The Morgan fingerprint density at radius 1 is 1.03 bits per heavy atom. The summed E-state index contributed by atoms with van der Waals surface area (Å²) in [5.41, 5.74) is 3.18. The van der Waals surface area contributed by atoms with Gasteiger partial charge >= 0.3 is 0 Å². The van der Waals surface area contributed by atoms with E-state index in [0.717, 1.165) is 16.6 Å². The normalized spacial score (nSPS) is 15.6. The summed E-state index contributed by atoms with van der Waals surface area (Å²) in [5.74, 6) is -1.07. The predicted molar refractivity (Wildman–Crippen MR) is 130 cm³/mol. The fourth-order valence-corrected chi connectivity index (χ4v) is 5.47. The van der Waals surface area contributed by atoms with Crippen LogP contribution in [0.4, 0.5) is 20.2 Å². The van der Waals surface area contributed by atoms with Gasteiger partial charge in [-0.25, -0.2) is 8.78 Å². The summed E-state index contributed by atoms with van der Waals surface area (Å²) in [7, 11) is 0. The molecule has 9 heteroatoms. The van der Waals surface area contributed by atoms with Crippen LogP contribution in [0.5, 0.6) is 0 Å². The maximum atomic E-state index is 13.9. The van der Waals surface area contributed by atoms with Gasteiger partial charge in [0.25, 0.3) is 0 Å². The SMILES string of the molecule is Cc1c(Cl)ccc(SN2c3ccc(F)cc3NC(=O)C2Cc2cc3ccc(F)cc3[nH]2)c1Cl. The lowest BCUT2D eigenvalue weighted by atomic mass is 10.1. The van der Waals surface area contributed by atoms with E-state index in [4.69, 9.17) is 23.2 Å². The molecule has 1 unspecified atom stereocenters. The third kappa shape index (κ3) is 4.16. The molecule has 0 fully saturated rings. The minimum Gasteiger partial charge on any atom is -0.358 e. The Morgan fingerprint density at radius 2 is 1.79 bits per heavy atom. The van der Waals surface area contributed by atoms with Gasteiger partial charge in [-0.15, -0.1) is 0 Å². The lowest BCUT2D eigenvalue weighted by Crippen LogP contribution is -2.46. The number of rotatable bonds is 4. The summed E-state index contributed by atoms with van der Waals surface area (Å²) >= 11 is 14.0. The fraction of sp³-hybridized carbons (Fsp3) is 0.125. The lowest BCUT2D eigenvalue weighted by molar-refractivity contribution is -0.117. The van der Waals surface area contributed by atoms with E-state index in [1.165, 1.54) is 36.2 Å². The summed E-state index contributed by atoms with van der Waals surface area (Å²) in [5, 5.41) is 4.69. The van der Waals surface area contributed by atoms with Crippen molar-refractivity contribution in [1.82, 2.24) is 4.98 Å². The molecule has 5 rings (SSSR count). The van der Waals surface area contributed by atoms with Crippen molar-refractivity contribution in [3.63, 3.8) is 0 Å². The average Bonchev–Trinajstić information content (AvgIpc) is 3.17. The van der Waals surface area contributed by atoms with E-state index in [-0.39, 0.29) is 11.7 Å². The Kier molecular flexibility index (Phi) is 5.72. The number of aromatic nitrogens is 1. The van der Waals surface area contributed by atoms with Gasteiger partial charge in [0.05, 0.1) is 16.4 Å². The number of fused-ring (bicyclic) bond motifs is 2. The molecule has 2 heterocycles. The molecule has 0 radical (unpaired) electrons. The van der Waals surface area contributed by atoms with E-state index in [2.05, 4.69) is 10.3 Å². The molecule has 0 saturated carbocycles. The summed E-state index contributed by atoms with van der Waals surface area (Å²) in [6.07, 6.45) is 0.316. The summed E-state index contributed by atoms with van der Waals surface area (Å²) in [6, 6.07) is 13.6. The van der Waals surface area contributed by atoms with E-state index in [0.29, 0.717) is 38.3 Å². The van der Waals surface area contributed by atoms with E-state index in [9.17, 15) is 13.6 Å². The maximum Gasteiger partial charge on any atom is 0.248 e. The molecule has 1 atom stereocenters. The van der Waals surface area contributed by atoms with Crippen molar-refractivity contribution >= 4 is 63.3 Å². The largest absolute Gasteiger partial charge is 0.358 e. The first-order valence-corrected chi connectivity index (χ1v) is 11.6. The zero-order valence-corrected chi connectivity index (χ0v) is 19.6. The van der Waals surface area contributed by atoms with Crippen LogP contribution in [0.25, 0.3) is 10.9 Å². The molecular formula is C24H17Cl2F2N3OS. The first kappa shape index (κ1) is 22.1. The Labute approximate surface area is 203 Å². The van der Waals surface area contributed by atoms with Gasteiger partial charge in [0.15, 0.2) is 0 Å². The third-order valence-electron chi connectivity index (χ3n) is 5.57. The number of amides is 1. The number of hydrogen-bond donors (Lipinski definition) is 2. The molecule has 33 heavy (non-hydrogen) atoms. The molecular weight excluding hydrogens is 487 g/mol. The van der Waals surface area contributed by atoms with Crippen LogP contribution in [0.3, 0.4) is 0 Å². The Balaban J connectivity index is 1.56. The Morgan fingerprint density at radius 3 is 2.61 bits per heavy atom. The van der Waals surface area contributed by atoms with Gasteiger partial charge in [0, 0.05) is 27.5 Å². The highest BCUT2D eigenvalue weighted by Gasteiger charge is 2.35. The molecule has 0 saturated heterocycles. The monoisotopic (exact) mass is 503 g/mol. The molecule has 0 aliphatic carbocycles. The number of nitrogens with one attached hydrogen (secondary N) is 2. The van der Waals surface area contributed by atoms with Gasteiger partial charge < -0.3 is 10.3 Å². The van der Waals surface area contributed by atoms with Gasteiger partial charge in [-0.2, -0.15) is 0 Å². The highest BCUT2D eigenvalue weighted by Crippen LogP contribution is 2.43. The Bertz CT molecular complexity index is 1410. The van der Waals surface area contributed by atoms with Crippen LogP contribution in [-0.4, -0.2) is 16.9 Å². The molecule has 1 aliphatic heterocycles. The van der Waals surface area contributed by atoms with Crippen molar-refractivity contribution in [2.75, 3.05) is 9.62 Å². The van der Waals surface area contributed by atoms with Crippen LogP contribution in [0.2, 0.25) is 10.0 Å². The molecule has 4 nitrogen and oxygen atoms in total. The summed E-state index contributed by atoms with van der Waals surface area (Å²) in [6.45, 7) is 1.82. The van der Waals surface area contributed by atoms with Gasteiger partial charge in [-0.1, -0.05) is 23.2 Å². The van der Waals surface area contributed by atoms with Crippen LogP contribution < -0.4 is 9.62 Å². The smallest absolute Gasteiger partial charge is 0.248 e. The number of benzene rings is 3. The van der Waals surface area contributed by atoms with Crippen LogP contribution >= 0.6 is 35.1 Å². The molecule has 0 bridgehead atoms. The summed E-state index contributed by atoms with van der Waals surface area (Å²) in [4.78, 5) is 17.0. The first-order valence-electron chi connectivity index (χ1n) is 10.1. The number of nitrogens with zero attached hydrogens (tertiary/aromatic N) is 1. The topological polar surface area (TPSA) is 48.1 Å². The van der Waals surface area contributed by atoms with E-state index in [1.807, 2.05) is 17.3 Å². The van der Waals surface area contributed by atoms with Crippen molar-refractivity contribution in [2.45, 2.75) is 24.3 Å². The standard InChI is InChI=1S/C24H17Cl2F2N3OS/c1-12-17(25)5-7-22(23(12)26)33-31-20-6-4-15(28)10-19(20)30-24(32)21(31)11-16-8-13-2-3-14(27)9-18(13)29-16/h2-10,21,29H,11H2,1H3,(H,30,32). The lowest BCUT2D eigenvalue weighted by Gasteiger charge is -2.37. The number of H-pyrrole nitrogens is 1. The highest BCUT2D eigenvalue weighted by molar-refractivity contribution is 8.00. The van der Waals surface area contributed by atoms with Crippen LogP contribution in [-0.2, 0) is 11.2 Å². The zero-order valence-electron chi connectivity index (χ0n) is 17.3. The molecule has 4 aromatic rings. The van der Waals surface area contributed by atoms with E-state index >= 15 is 0 Å². The second-order valence-electron chi connectivity index (χ2n) is 7.80. The second-order valence-corrected chi connectivity index (χ2v) is 9.60. The van der Waals surface area contributed by atoms with Gasteiger partial charge in [0.2, 0.25) is 5.91 Å². The predicted octanol–water partition coefficient (Wildman–Crippen LogP) is 7.14. The molecule has 168 valence electrons. The van der Waals surface area contributed by atoms with Crippen molar-refractivity contribution < 1.29 is 13.6 Å². The number of halogens is 4. The number of carbonyl (C=O) groups excluding carboxylic acids is 1. The van der Waals surface area contributed by atoms with Crippen LogP contribution in [0.15, 0.2) is 59.5 Å². The van der Waals surface area contributed by atoms with Gasteiger partial charge in [0.1, 0.15) is 17.7 Å². The number of carbonyl (C=O) groups is 1. The highest BCUT2D eigenvalue weighted by atomic mass is 35.5. The number of hydrogen-bond acceptors (Lipinski definition) is 3.